The minimum atomic E-state index is -5.50. The van der Waals surface area contributed by atoms with Crippen LogP contribution in [0.2, 0.25) is 0 Å². The van der Waals surface area contributed by atoms with Gasteiger partial charge in [-0.25, -0.2) is 9.97 Å². The van der Waals surface area contributed by atoms with Gasteiger partial charge in [-0.2, -0.15) is 52.5 Å². The zero-order valence-corrected chi connectivity index (χ0v) is 47.6. The van der Waals surface area contributed by atoms with Gasteiger partial charge in [-0.05, 0) is 74.4 Å². The Labute approximate surface area is 467 Å². The van der Waals surface area contributed by atoms with Crippen LogP contribution >= 0.6 is 23.1 Å². The highest BCUT2D eigenvalue weighted by Gasteiger charge is 2.33. The Kier molecular flexibility index (Phi) is 16.8. The number of fused-ring (bicyclic) bond motifs is 6. The lowest BCUT2D eigenvalue weighted by Gasteiger charge is -2.14. The highest BCUT2D eigenvalue weighted by atomic mass is 32.2. The van der Waals surface area contributed by atoms with Crippen LogP contribution in [-0.4, -0.2) is 122 Å². The summed E-state index contributed by atoms with van der Waals surface area (Å²) in [4.78, 5) is 5.21. The van der Waals surface area contributed by atoms with Crippen LogP contribution < -0.4 is 14.2 Å². The molecule has 0 saturated carbocycles. The zero-order valence-electron chi connectivity index (χ0n) is 41.8. The summed E-state index contributed by atoms with van der Waals surface area (Å²) in [5, 5.41) is 46.4. The van der Waals surface area contributed by atoms with Crippen molar-refractivity contribution < 1.29 is 84.2 Å². The summed E-state index contributed by atoms with van der Waals surface area (Å²) in [6.07, 6.45) is -0.240. The van der Waals surface area contributed by atoms with Crippen molar-refractivity contribution in [2.45, 2.75) is 46.3 Å². The van der Waals surface area contributed by atoms with Gasteiger partial charge in [0.25, 0.3) is 50.6 Å². The first kappa shape index (κ1) is 59.7. The quantitative estimate of drug-likeness (QED) is 0.0169. The number of methoxy groups -OCH3 is 2. The summed E-state index contributed by atoms with van der Waals surface area (Å²) >= 11 is 1.58. The minimum Gasteiger partial charge on any atom is -0.495 e. The van der Waals surface area contributed by atoms with E-state index in [1.54, 1.807) is 38.1 Å². The maximum Gasteiger partial charge on any atom is 0.299 e. The van der Waals surface area contributed by atoms with E-state index in [4.69, 9.17) is 14.2 Å². The first-order chi connectivity index (χ1) is 37.9. The van der Waals surface area contributed by atoms with Gasteiger partial charge in [0.15, 0.2) is 16.2 Å². The molecule has 36 heteroatoms. The van der Waals surface area contributed by atoms with E-state index in [9.17, 15) is 75.2 Å². The first-order valence-electron chi connectivity index (χ1n) is 22.6. The number of aromatic nitrogens is 3. The Bertz CT molecular complexity index is 4660. The van der Waals surface area contributed by atoms with E-state index < -0.39 is 93.4 Å². The van der Waals surface area contributed by atoms with Crippen molar-refractivity contribution >= 4 is 145 Å². The van der Waals surface area contributed by atoms with Crippen molar-refractivity contribution in [1.29, 1.82) is 5.26 Å². The van der Waals surface area contributed by atoms with E-state index >= 15 is 0 Å². The van der Waals surface area contributed by atoms with Crippen molar-refractivity contribution in [3.63, 3.8) is 0 Å². The van der Waals surface area contributed by atoms with Crippen molar-refractivity contribution in [3.05, 3.63) is 77.4 Å². The van der Waals surface area contributed by atoms with Crippen molar-refractivity contribution in [1.82, 2.24) is 14.4 Å². The van der Waals surface area contributed by atoms with Gasteiger partial charge >= 0.3 is 0 Å². The van der Waals surface area contributed by atoms with Crippen molar-refractivity contribution in [2.75, 3.05) is 38.1 Å². The fourth-order valence-electron chi connectivity index (χ4n) is 8.01. The van der Waals surface area contributed by atoms with Crippen molar-refractivity contribution in [2.24, 2.45) is 30.7 Å². The Balaban J connectivity index is 1.21. The average Bonchev–Trinajstić information content (AvgIpc) is 3.41. The number of thioether (sulfide) groups is 1. The van der Waals surface area contributed by atoms with Gasteiger partial charge < -0.3 is 19.3 Å². The number of nitriles is 1. The molecular formula is C45H40N10O19S7. The molecule has 0 aliphatic carbocycles. The third kappa shape index (κ3) is 13.0. The van der Waals surface area contributed by atoms with Crippen LogP contribution in [0.1, 0.15) is 29.5 Å². The summed E-state index contributed by atoms with van der Waals surface area (Å²) in [5.41, 5.74) is 1.52. The molecule has 0 unspecified atom stereocenters. The number of thiazole rings is 1. The highest BCUT2D eigenvalue weighted by molar-refractivity contribution is 7.99. The van der Waals surface area contributed by atoms with E-state index in [-0.39, 0.29) is 108 Å². The molecule has 0 aliphatic rings. The number of benzene rings is 5. The summed E-state index contributed by atoms with van der Waals surface area (Å²) in [6.45, 7) is 2.90. The lowest BCUT2D eigenvalue weighted by atomic mass is 10.1. The van der Waals surface area contributed by atoms with Crippen molar-refractivity contribution in [3.8, 4) is 29.2 Å². The van der Waals surface area contributed by atoms with Gasteiger partial charge in [-0.1, -0.05) is 23.5 Å². The van der Waals surface area contributed by atoms with Gasteiger partial charge in [0.1, 0.15) is 61.3 Å². The maximum absolute atomic E-state index is 12.7. The highest BCUT2D eigenvalue weighted by Crippen LogP contribution is 2.48. The Hall–Kier alpha value is -7.41. The molecule has 5 aromatic carbocycles. The molecule has 3 heterocycles. The zero-order chi connectivity index (χ0) is 59.1. The molecule has 81 heavy (non-hydrogen) atoms. The minimum absolute atomic E-state index is 0.0268. The van der Waals surface area contributed by atoms with E-state index in [0.717, 1.165) is 18.9 Å². The number of rotatable bonds is 21. The number of hydrogen-bond donors (Lipinski definition) is 6. The monoisotopic (exact) mass is 1250 g/mol. The van der Waals surface area contributed by atoms with Crippen LogP contribution in [0.5, 0.6) is 23.1 Å². The largest absolute Gasteiger partial charge is 0.495 e. The van der Waals surface area contributed by atoms with E-state index in [1.165, 1.54) is 35.8 Å². The van der Waals surface area contributed by atoms with Crippen LogP contribution in [0, 0.1) is 25.2 Å². The topological polar surface area (TPSA) is 448 Å². The molecule has 426 valence electrons. The fourth-order valence-corrected chi connectivity index (χ4v) is 13.8. The maximum atomic E-state index is 12.7. The molecule has 0 atom stereocenters. The molecule has 0 saturated heterocycles. The summed E-state index contributed by atoms with van der Waals surface area (Å²) in [5.74, 6) is -2.58. The Morgan fingerprint density at radius 3 is 1.95 bits per heavy atom. The lowest BCUT2D eigenvalue weighted by molar-refractivity contribution is 0.317. The van der Waals surface area contributed by atoms with Crippen LogP contribution in [-0.2, 0) is 50.6 Å². The smallest absolute Gasteiger partial charge is 0.299 e. The lowest BCUT2D eigenvalue weighted by Crippen LogP contribution is -2.11. The second kappa shape index (κ2) is 22.9. The molecule has 8 aromatic rings. The molecule has 0 amide bonds. The summed E-state index contributed by atoms with van der Waals surface area (Å²) in [6, 6.07) is 15.9. The van der Waals surface area contributed by atoms with Crippen LogP contribution in [0.3, 0.4) is 0 Å². The van der Waals surface area contributed by atoms with E-state index in [2.05, 4.69) is 46.7 Å². The number of aryl methyl sites for hydroxylation is 1. The summed E-state index contributed by atoms with van der Waals surface area (Å²) < 4.78 is 188. The second-order valence-corrected chi connectivity index (χ2v) is 26.4. The van der Waals surface area contributed by atoms with E-state index in [0.29, 0.717) is 40.1 Å². The molecule has 8 rings (SSSR count). The number of aromatic hydroxyl groups is 1. The Morgan fingerprint density at radius 1 is 0.691 bits per heavy atom. The predicted molar refractivity (Wildman–Crippen MR) is 292 cm³/mol. The number of nitrogens with zero attached hydrogens (tertiary/aromatic N) is 10. The number of hydrogen-bond acceptors (Lipinski definition) is 25. The standard InChI is InChI=1S/C45H40N10O19S7/c1-22-15-29(50-53-38-23(2)26(21-46)43-47-27-9-5-6-10-32(27)55(43)44(38)56)34(74-11-7-13-77(57,58)59)18-28(22)49-52-31-19-33(72-3)30(20-35(31)75-12-8-14-78(60,61)62)51-54-45-48-39-36(79(63,64)65)16-24-25(41(39)76-45)17-37(80(66,67)68)42(40(24)73-4)81(69,70)71/h5-6,9-10,15-20,56H,7-8,11-14H2,1-4H3,(H,57,58,59)(H,60,61,62)(H,63,64,65)(H,66,67,68)(H,69,70,71). The van der Waals surface area contributed by atoms with Gasteiger partial charge in [0, 0.05) is 33.4 Å². The second-order valence-electron chi connectivity index (χ2n) is 17.0. The normalized spacial score (nSPS) is 13.0. The van der Waals surface area contributed by atoms with Gasteiger partial charge in [-0.3, -0.25) is 27.2 Å². The molecule has 0 fully saturated rings. The molecule has 0 bridgehead atoms. The third-order valence-electron chi connectivity index (χ3n) is 11.6. The number of para-hydroxylation sites is 2. The molecule has 0 radical (unpaired) electrons. The first-order valence-corrected chi connectivity index (χ1v) is 32.0. The number of pyridine rings is 1. The molecule has 29 nitrogen and oxygen atoms in total. The third-order valence-corrected chi connectivity index (χ3v) is 18.1. The molecule has 3 aromatic heterocycles. The molecule has 6 N–H and O–H groups in total. The molecular weight excluding hydrogens is 1210 g/mol. The number of imidazole rings is 1. The van der Waals surface area contributed by atoms with Crippen LogP contribution in [0.15, 0.2) is 111 Å². The van der Waals surface area contributed by atoms with Gasteiger partial charge in [-0.15, -0.1) is 37.3 Å². The molecule has 0 spiro atoms. The van der Waals surface area contributed by atoms with Gasteiger partial charge in [0.2, 0.25) is 11.0 Å². The fraction of sp³-hybridized carbons (Fsp3) is 0.222. The summed E-state index contributed by atoms with van der Waals surface area (Å²) in [7, 11) is -22.8. The van der Waals surface area contributed by atoms with E-state index in [1.807, 2.05) is 0 Å². The Morgan fingerprint density at radius 2 is 1.31 bits per heavy atom. The number of azo groups is 3. The van der Waals surface area contributed by atoms with Gasteiger partial charge in [0.05, 0.1) is 53.8 Å². The van der Waals surface area contributed by atoms with Crippen LogP contribution in [0.4, 0.5) is 33.6 Å². The van der Waals surface area contributed by atoms with Crippen LogP contribution in [0.25, 0.3) is 37.7 Å². The SMILES string of the molecule is COc1cc(N=Nc2cc(OCCCS(=O)(=O)O)c(N=Nc3c(C)c(C#N)c4nc5ccccc5n4c3O)cc2C)c(SCCCS(=O)(=O)O)cc1N=Nc1nc2c(S(=O)(=O)O)cc3c(OC)c(S(=O)(=O)O)c(S(=O)(=O)O)cc3c2s1. The molecule has 0 aliphatic heterocycles. The average molecular weight is 1250 g/mol. The predicted octanol–water partition coefficient (Wildman–Crippen LogP) is 9.47. The number of ether oxygens (including phenoxy) is 3.